The SMILES string of the molecule is CC(C)C(=O)N1CCNC(=O)C1CC(=O)N1CCN(c2ccccc2)CC1. The van der Waals surface area contributed by atoms with Crippen LogP contribution in [0.15, 0.2) is 30.3 Å². The van der Waals surface area contributed by atoms with Crippen molar-refractivity contribution in [2.75, 3.05) is 44.2 Å². The molecule has 1 aromatic rings. The molecule has 146 valence electrons. The second-order valence-electron chi connectivity index (χ2n) is 7.40. The number of para-hydroxylation sites is 1. The van der Waals surface area contributed by atoms with E-state index in [1.54, 1.807) is 9.80 Å². The van der Waals surface area contributed by atoms with E-state index in [2.05, 4.69) is 22.3 Å². The van der Waals surface area contributed by atoms with Crippen LogP contribution in [-0.2, 0) is 14.4 Å². The molecule has 2 aliphatic rings. The normalized spacial score (nSPS) is 20.6. The lowest BCUT2D eigenvalue weighted by Gasteiger charge is -2.39. The first-order valence-corrected chi connectivity index (χ1v) is 9.63. The van der Waals surface area contributed by atoms with Gasteiger partial charge in [-0.2, -0.15) is 0 Å². The summed E-state index contributed by atoms with van der Waals surface area (Å²) in [7, 11) is 0. The summed E-state index contributed by atoms with van der Waals surface area (Å²) in [4.78, 5) is 43.1. The molecule has 2 saturated heterocycles. The summed E-state index contributed by atoms with van der Waals surface area (Å²) >= 11 is 0. The van der Waals surface area contributed by atoms with Crippen molar-refractivity contribution >= 4 is 23.4 Å². The maximum absolute atomic E-state index is 12.8. The van der Waals surface area contributed by atoms with E-state index < -0.39 is 6.04 Å². The molecule has 7 heteroatoms. The number of nitrogens with zero attached hydrogens (tertiary/aromatic N) is 3. The zero-order valence-electron chi connectivity index (χ0n) is 16.1. The third kappa shape index (κ3) is 4.40. The van der Waals surface area contributed by atoms with Gasteiger partial charge in [0.25, 0.3) is 0 Å². The maximum atomic E-state index is 12.8. The Hall–Kier alpha value is -2.57. The first kappa shape index (κ1) is 19.2. The molecule has 0 radical (unpaired) electrons. The van der Waals surface area contributed by atoms with E-state index in [4.69, 9.17) is 0 Å². The number of hydrogen-bond donors (Lipinski definition) is 1. The standard InChI is InChI=1S/C20H28N4O3/c1-15(2)20(27)24-9-8-21-19(26)17(24)14-18(25)23-12-10-22(11-13-23)16-6-4-3-5-7-16/h3-7,15,17H,8-14H2,1-2H3,(H,21,26). The average Bonchev–Trinajstić information content (AvgIpc) is 2.69. The number of hydrogen-bond acceptors (Lipinski definition) is 4. The molecule has 2 fully saturated rings. The van der Waals surface area contributed by atoms with E-state index in [0.717, 1.165) is 18.8 Å². The Labute approximate surface area is 160 Å². The van der Waals surface area contributed by atoms with Gasteiger partial charge in [-0.25, -0.2) is 0 Å². The van der Waals surface area contributed by atoms with Gasteiger partial charge in [-0.15, -0.1) is 0 Å². The molecule has 0 bridgehead atoms. The molecule has 2 aliphatic heterocycles. The van der Waals surface area contributed by atoms with E-state index >= 15 is 0 Å². The minimum atomic E-state index is -0.701. The first-order chi connectivity index (χ1) is 13.0. The van der Waals surface area contributed by atoms with Gasteiger partial charge in [0, 0.05) is 50.9 Å². The van der Waals surface area contributed by atoms with Crippen molar-refractivity contribution in [1.82, 2.24) is 15.1 Å². The highest BCUT2D eigenvalue weighted by atomic mass is 16.2. The number of nitrogens with one attached hydrogen (secondary N) is 1. The summed E-state index contributed by atoms with van der Waals surface area (Å²) in [5.74, 6) is -0.558. The van der Waals surface area contributed by atoms with Crippen LogP contribution >= 0.6 is 0 Å². The van der Waals surface area contributed by atoms with Gasteiger partial charge in [0.15, 0.2) is 0 Å². The molecule has 1 unspecified atom stereocenters. The van der Waals surface area contributed by atoms with Crippen molar-refractivity contribution in [2.45, 2.75) is 26.3 Å². The van der Waals surface area contributed by atoms with Crippen LogP contribution in [0.4, 0.5) is 5.69 Å². The van der Waals surface area contributed by atoms with Gasteiger partial charge in [-0.05, 0) is 12.1 Å². The fourth-order valence-corrected chi connectivity index (χ4v) is 3.66. The quantitative estimate of drug-likeness (QED) is 0.845. The number of piperazine rings is 2. The summed E-state index contributed by atoms with van der Waals surface area (Å²) in [6.07, 6.45) is 0.0512. The van der Waals surface area contributed by atoms with Crippen LogP contribution < -0.4 is 10.2 Å². The van der Waals surface area contributed by atoms with Crippen LogP contribution in [0.3, 0.4) is 0 Å². The van der Waals surface area contributed by atoms with Gasteiger partial charge < -0.3 is 20.0 Å². The monoisotopic (exact) mass is 372 g/mol. The van der Waals surface area contributed by atoms with Gasteiger partial charge in [0.2, 0.25) is 17.7 Å². The van der Waals surface area contributed by atoms with Crippen molar-refractivity contribution in [3.8, 4) is 0 Å². The zero-order chi connectivity index (χ0) is 19.4. The minimum absolute atomic E-state index is 0.0512. The Balaban J connectivity index is 1.59. The summed E-state index contributed by atoms with van der Waals surface area (Å²) < 4.78 is 0. The Kier molecular flexibility index (Phi) is 5.98. The highest BCUT2D eigenvalue weighted by Gasteiger charge is 2.36. The first-order valence-electron chi connectivity index (χ1n) is 9.63. The average molecular weight is 372 g/mol. The minimum Gasteiger partial charge on any atom is -0.368 e. The van der Waals surface area contributed by atoms with Crippen LogP contribution in [0.5, 0.6) is 0 Å². The van der Waals surface area contributed by atoms with Gasteiger partial charge in [-0.3, -0.25) is 14.4 Å². The smallest absolute Gasteiger partial charge is 0.243 e. The fourth-order valence-electron chi connectivity index (χ4n) is 3.66. The van der Waals surface area contributed by atoms with Gasteiger partial charge >= 0.3 is 0 Å². The molecule has 0 aliphatic carbocycles. The zero-order valence-corrected chi connectivity index (χ0v) is 16.1. The molecule has 27 heavy (non-hydrogen) atoms. The summed E-state index contributed by atoms with van der Waals surface area (Å²) in [6, 6.07) is 9.44. The van der Waals surface area contributed by atoms with Crippen molar-refractivity contribution in [2.24, 2.45) is 5.92 Å². The number of benzene rings is 1. The van der Waals surface area contributed by atoms with Crippen molar-refractivity contribution in [3.05, 3.63) is 30.3 Å². The third-order valence-corrected chi connectivity index (χ3v) is 5.23. The fraction of sp³-hybridized carbons (Fsp3) is 0.550. The van der Waals surface area contributed by atoms with Crippen LogP contribution in [0, 0.1) is 5.92 Å². The molecule has 2 heterocycles. The molecule has 0 saturated carbocycles. The molecule has 3 amide bonds. The molecule has 1 atom stereocenters. The second kappa shape index (κ2) is 8.41. The summed E-state index contributed by atoms with van der Waals surface area (Å²) in [5, 5.41) is 2.78. The molecule has 1 aromatic carbocycles. The second-order valence-corrected chi connectivity index (χ2v) is 7.40. The van der Waals surface area contributed by atoms with Crippen LogP contribution in [0.1, 0.15) is 20.3 Å². The van der Waals surface area contributed by atoms with Gasteiger partial charge in [0.1, 0.15) is 6.04 Å². The lowest BCUT2D eigenvalue weighted by atomic mass is 10.0. The van der Waals surface area contributed by atoms with Crippen molar-refractivity contribution in [1.29, 1.82) is 0 Å². The highest BCUT2D eigenvalue weighted by Crippen LogP contribution is 2.18. The molecule has 3 rings (SSSR count). The summed E-state index contributed by atoms with van der Waals surface area (Å²) in [6.45, 7) is 7.32. The van der Waals surface area contributed by atoms with Crippen LogP contribution in [0.25, 0.3) is 0 Å². The number of anilines is 1. The van der Waals surface area contributed by atoms with E-state index in [0.29, 0.717) is 26.2 Å². The van der Waals surface area contributed by atoms with Gasteiger partial charge in [0.05, 0.1) is 6.42 Å². The topological polar surface area (TPSA) is 73.0 Å². The van der Waals surface area contributed by atoms with Crippen LogP contribution in [-0.4, -0.2) is 72.8 Å². The van der Waals surface area contributed by atoms with Gasteiger partial charge in [-0.1, -0.05) is 32.0 Å². The van der Waals surface area contributed by atoms with Crippen molar-refractivity contribution < 1.29 is 14.4 Å². The largest absolute Gasteiger partial charge is 0.368 e. The molecular formula is C20H28N4O3. The maximum Gasteiger partial charge on any atom is 0.243 e. The number of rotatable bonds is 4. The Morgan fingerprint density at radius 2 is 1.74 bits per heavy atom. The predicted molar refractivity (Wildman–Crippen MR) is 103 cm³/mol. The van der Waals surface area contributed by atoms with E-state index in [1.807, 2.05) is 32.0 Å². The third-order valence-electron chi connectivity index (χ3n) is 5.23. The van der Waals surface area contributed by atoms with E-state index in [1.165, 1.54) is 0 Å². The number of amides is 3. The Bertz CT molecular complexity index is 684. The molecule has 0 spiro atoms. The predicted octanol–water partition coefficient (Wildman–Crippen LogP) is 0.708. The molecule has 0 aromatic heterocycles. The van der Waals surface area contributed by atoms with E-state index in [-0.39, 0.29) is 30.1 Å². The van der Waals surface area contributed by atoms with Crippen LogP contribution in [0.2, 0.25) is 0 Å². The highest BCUT2D eigenvalue weighted by molar-refractivity contribution is 5.93. The van der Waals surface area contributed by atoms with E-state index in [9.17, 15) is 14.4 Å². The Morgan fingerprint density at radius 3 is 2.37 bits per heavy atom. The number of carbonyl (C=O) groups is 3. The lowest BCUT2D eigenvalue weighted by molar-refractivity contribution is -0.148. The molecule has 1 N–H and O–H groups in total. The van der Waals surface area contributed by atoms with Crippen molar-refractivity contribution in [3.63, 3.8) is 0 Å². The Morgan fingerprint density at radius 1 is 1.07 bits per heavy atom. The lowest BCUT2D eigenvalue weighted by Crippen LogP contribution is -2.59. The molecular weight excluding hydrogens is 344 g/mol. The molecule has 7 nitrogen and oxygen atoms in total. The number of carbonyl (C=O) groups excluding carboxylic acids is 3. The summed E-state index contributed by atoms with van der Waals surface area (Å²) in [5.41, 5.74) is 1.16.